The highest BCUT2D eigenvalue weighted by molar-refractivity contribution is 7.91. The molecule has 2 aliphatic heterocycles. The Bertz CT molecular complexity index is 968. The first-order valence-corrected chi connectivity index (χ1v) is 12.3. The fourth-order valence-corrected chi connectivity index (χ4v) is 5.69. The molecule has 1 aromatic carbocycles. The molecule has 2 aromatic rings. The highest BCUT2D eigenvalue weighted by Gasteiger charge is 2.32. The third-order valence-corrected chi connectivity index (χ3v) is 7.38. The molecule has 162 valence electrons. The van der Waals surface area contributed by atoms with Gasteiger partial charge in [-0.3, -0.25) is 14.4 Å². The van der Waals surface area contributed by atoms with Gasteiger partial charge >= 0.3 is 0 Å². The molecule has 1 atom stereocenters. The summed E-state index contributed by atoms with van der Waals surface area (Å²) in [5.74, 6) is -0.00186. The largest absolute Gasteiger partial charge is 0.379 e. The van der Waals surface area contributed by atoms with E-state index >= 15 is 0 Å². The van der Waals surface area contributed by atoms with Crippen LogP contribution in [-0.2, 0) is 14.6 Å². The number of amides is 1. The van der Waals surface area contributed by atoms with Crippen LogP contribution in [0.25, 0.3) is 11.3 Å². The van der Waals surface area contributed by atoms with E-state index in [1.807, 2.05) is 30.3 Å². The van der Waals surface area contributed by atoms with Crippen molar-refractivity contribution in [3.63, 3.8) is 0 Å². The SMILES string of the molecule is O=C(NCCCN1CCOCC1)c1cc(-c2ccccc2)n(C2CCS(=O)(=O)C2)n1. The number of carbonyl (C=O) groups is 1. The van der Waals surface area contributed by atoms with Gasteiger partial charge in [-0.1, -0.05) is 30.3 Å². The second-order valence-corrected chi connectivity index (χ2v) is 10.1. The molecule has 1 aromatic heterocycles. The lowest BCUT2D eigenvalue weighted by molar-refractivity contribution is 0.0374. The molecule has 0 aliphatic carbocycles. The van der Waals surface area contributed by atoms with Crippen molar-refractivity contribution in [2.45, 2.75) is 18.9 Å². The number of rotatable bonds is 7. The first-order chi connectivity index (χ1) is 14.5. The van der Waals surface area contributed by atoms with E-state index in [9.17, 15) is 13.2 Å². The van der Waals surface area contributed by atoms with Crippen molar-refractivity contribution < 1.29 is 17.9 Å². The Labute approximate surface area is 177 Å². The van der Waals surface area contributed by atoms with E-state index < -0.39 is 9.84 Å². The minimum Gasteiger partial charge on any atom is -0.379 e. The molecule has 2 fully saturated rings. The van der Waals surface area contributed by atoms with E-state index in [0.717, 1.165) is 50.5 Å². The predicted octanol–water partition coefficient (Wildman–Crippen LogP) is 1.36. The van der Waals surface area contributed by atoms with E-state index in [0.29, 0.717) is 18.7 Å². The molecule has 8 nitrogen and oxygen atoms in total. The van der Waals surface area contributed by atoms with Crippen LogP contribution in [0.5, 0.6) is 0 Å². The van der Waals surface area contributed by atoms with Gasteiger partial charge in [0.05, 0.1) is 36.5 Å². The molecule has 1 unspecified atom stereocenters. The van der Waals surface area contributed by atoms with Gasteiger partial charge in [-0.25, -0.2) is 8.42 Å². The van der Waals surface area contributed by atoms with Crippen LogP contribution in [0.15, 0.2) is 36.4 Å². The molecule has 0 radical (unpaired) electrons. The molecule has 2 aliphatic rings. The molecule has 0 spiro atoms. The van der Waals surface area contributed by atoms with Crippen molar-refractivity contribution in [1.29, 1.82) is 0 Å². The number of hydrogen-bond donors (Lipinski definition) is 1. The van der Waals surface area contributed by atoms with Crippen molar-refractivity contribution in [2.75, 3.05) is 50.9 Å². The number of nitrogens with one attached hydrogen (secondary N) is 1. The molecule has 0 saturated carbocycles. The van der Waals surface area contributed by atoms with Crippen molar-refractivity contribution in [2.24, 2.45) is 0 Å². The fraction of sp³-hybridized carbons (Fsp3) is 0.524. The first-order valence-electron chi connectivity index (χ1n) is 10.5. The van der Waals surface area contributed by atoms with Crippen molar-refractivity contribution >= 4 is 15.7 Å². The lowest BCUT2D eigenvalue weighted by Gasteiger charge is -2.26. The number of nitrogens with zero attached hydrogens (tertiary/aromatic N) is 3. The van der Waals surface area contributed by atoms with Crippen LogP contribution >= 0.6 is 0 Å². The Balaban J connectivity index is 1.44. The molecule has 4 rings (SSSR count). The standard InChI is InChI=1S/C21H28N4O4S/c26-21(22-8-4-9-24-10-12-29-13-11-24)19-15-20(17-5-2-1-3-6-17)25(23-19)18-7-14-30(27,28)16-18/h1-3,5-6,15,18H,4,7-14,16H2,(H,22,26). The maximum Gasteiger partial charge on any atom is 0.271 e. The number of ether oxygens (including phenoxy) is 1. The zero-order chi connectivity index (χ0) is 21.0. The van der Waals surface area contributed by atoms with Crippen molar-refractivity contribution in [1.82, 2.24) is 20.0 Å². The highest BCUT2D eigenvalue weighted by atomic mass is 32.2. The number of morpholine rings is 1. The second-order valence-electron chi connectivity index (χ2n) is 7.85. The van der Waals surface area contributed by atoms with Crippen LogP contribution in [0, 0.1) is 0 Å². The molecule has 0 bridgehead atoms. The van der Waals surface area contributed by atoms with E-state index in [-0.39, 0.29) is 23.5 Å². The molecule has 3 heterocycles. The monoisotopic (exact) mass is 432 g/mol. The van der Waals surface area contributed by atoms with E-state index in [4.69, 9.17) is 4.74 Å². The normalized spacial score (nSPS) is 21.5. The minimum absolute atomic E-state index is 0.0646. The average molecular weight is 433 g/mol. The quantitative estimate of drug-likeness (QED) is 0.664. The molecule has 1 N–H and O–H groups in total. The van der Waals surface area contributed by atoms with E-state index in [2.05, 4.69) is 15.3 Å². The highest BCUT2D eigenvalue weighted by Crippen LogP contribution is 2.30. The number of carbonyl (C=O) groups excluding carboxylic acids is 1. The average Bonchev–Trinajstić information content (AvgIpc) is 3.36. The number of hydrogen-bond acceptors (Lipinski definition) is 6. The lowest BCUT2D eigenvalue weighted by atomic mass is 10.1. The lowest BCUT2D eigenvalue weighted by Crippen LogP contribution is -2.38. The topological polar surface area (TPSA) is 93.5 Å². The Morgan fingerprint density at radius 1 is 1.20 bits per heavy atom. The Hall–Kier alpha value is -2.23. The molecular formula is C21H28N4O4S. The van der Waals surface area contributed by atoms with Crippen LogP contribution in [0.2, 0.25) is 0 Å². The molecular weight excluding hydrogens is 404 g/mol. The van der Waals surface area contributed by atoms with Crippen LogP contribution in [-0.4, -0.2) is 79.9 Å². The maximum atomic E-state index is 12.7. The van der Waals surface area contributed by atoms with Crippen LogP contribution in [0.3, 0.4) is 0 Å². The summed E-state index contributed by atoms with van der Waals surface area (Å²) in [6.07, 6.45) is 1.38. The third kappa shape index (κ3) is 5.08. The minimum atomic E-state index is -3.06. The van der Waals surface area contributed by atoms with Crippen LogP contribution in [0.4, 0.5) is 0 Å². The summed E-state index contributed by atoms with van der Waals surface area (Å²) < 4.78 is 31.0. The summed E-state index contributed by atoms with van der Waals surface area (Å²) in [5.41, 5.74) is 2.02. The van der Waals surface area contributed by atoms with Crippen LogP contribution in [0.1, 0.15) is 29.4 Å². The first kappa shape index (κ1) is 21.0. The van der Waals surface area contributed by atoms with Gasteiger partial charge in [0.1, 0.15) is 0 Å². The fourth-order valence-electron chi connectivity index (χ4n) is 4.00. The zero-order valence-electron chi connectivity index (χ0n) is 17.0. The van der Waals surface area contributed by atoms with Gasteiger partial charge < -0.3 is 10.1 Å². The Morgan fingerprint density at radius 2 is 1.97 bits per heavy atom. The maximum absolute atomic E-state index is 12.7. The summed E-state index contributed by atoms with van der Waals surface area (Å²) in [5, 5.41) is 7.46. The summed E-state index contributed by atoms with van der Waals surface area (Å²) in [6, 6.07) is 11.2. The number of aromatic nitrogens is 2. The molecule has 2 saturated heterocycles. The van der Waals surface area contributed by atoms with Gasteiger partial charge in [0.15, 0.2) is 15.5 Å². The van der Waals surface area contributed by atoms with Gasteiger partial charge in [0.2, 0.25) is 0 Å². The summed E-state index contributed by atoms with van der Waals surface area (Å²) in [7, 11) is -3.06. The van der Waals surface area contributed by atoms with Gasteiger partial charge in [-0.05, 0) is 31.0 Å². The van der Waals surface area contributed by atoms with Gasteiger partial charge in [0, 0.05) is 19.6 Å². The summed E-state index contributed by atoms with van der Waals surface area (Å²) >= 11 is 0. The van der Waals surface area contributed by atoms with E-state index in [1.54, 1.807) is 10.7 Å². The smallest absolute Gasteiger partial charge is 0.271 e. The predicted molar refractivity (Wildman–Crippen MR) is 114 cm³/mol. The van der Waals surface area contributed by atoms with Crippen molar-refractivity contribution in [3.05, 3.63) is 42.1 Å². The zero-order valence-corrected chi connectivity index (χ0v) is 17.8. The van der Waals surface area contributed by atoms with E-state index in [1.165, 1.54) is 0 Å². The summed E-state index contributed by atoms with van der Waals surface area (Å²) in [6.45, 7) is 4.90. The van der Waals surface area contributed by atoms with Gasteiger partial charge in [-0.15, -0.1) is 0 Å². The van der Waals surface area contributed by atoms with Gasteiger partial charge in [-0.2, -0.15) is 5.10 Å². The third-order valence-electron chi connectivity index (χ3n) is 5.63. The Morgan fingerprint density at radius 3 is 2.67 bits per heavy atom. The molecule has 1 amide bonds. The number of benzene rings is 1. The number of sulfone groups is 1. The molecule has 30 heavy (non-hydrogen) atoms. The summed E-state index contributed by atoms with van der Waals surface area (Å²) in [4.78, 5) is 15.0. The second kappa shape index (κ2) is 9.28. The van der Waals surface area contributed by atoms with Crippen LogP contribution < -0.4 is 5.32 Å². The van der Waals surface area contributed by atoms with Crippen molar-refractivity contribution in [3.8, 4) is 11.3 Å². The Kier molecular flexibility index (Phi) is 6.50. The molecule has 9 heteroatoms. The van der Waals surface area contributed by atoms with Gasteiger partial charge in [0.25, 0.3) is 5.91 Å².